The minimum Gasteiger partial charge on any atom is -0.302 e. The van der Waals surface area contributed by atoms with Crippen molar-refractivity contribution >= 4 is 5.95 Å². The Balaban J connectivity index is 3.19. The molecule has 1 N–H and O–H groups in total. The van der Waals surface area contributed by atoms with Crippen LogP contribution < -0.4 is 5.56 Å². The van der Waals surface area contributed by atoms with Crippen molar-refractivity contribution < 1.29 is 0 Å². The summed E-state index contributed by atoms with van der Waals surface area (Å²) in [4.78, 5) is 15.0. The third kappa shape index (κ3) is 1.30. The molecule has 0 radical (unpaired) electrons. The molecule has 0 saturated heterocycles. The largest absolute Gasteiger partial charge is 0.302 e. The molecule has 0 spiro atoms. The Morgan fingerprint density at radius 1 is 1.80 bits per heavy atom. The van der Waals surface area contributed by atoms with Crippen molar-refractivity contribution in [2.24, 2.45) is 5.11 Å². The Morgan fingerprint density at radius 3 is 3.20 bits per heavy atom. The van der Waals surface area contributed by atoms with Gasteiger partial charge in [0.1, 0.15) is 6.20 Å². The van der Waals surface area contributed by atoms with Crippen molar-refractivity contribution in [2.75, 3.05) is 0 Å². The Labute approximate surface area is 54.4 Å². The van der Waals surface area contributed by atoms with Gasteiger partial charge in [-0.25, -0.2) is 0 Å². The minimum absolute atomic E-state index is 0.130. The van der Waals surface area contributed by atoms with E-state index in [1.54, 1.807) is 0 Å². The van der Waals surface area contributed by atoms with Crippen LogP contribution in [0.25, 0.3) is 10.4 Å². The molecule has 0 unspecified atom stereocenters. The van der Waals surface area contributed by atoms with Crippen LogP contribution in [0.3, 0.4) is 0 Å². The molecule has 0 saturated carbocycles. The van der Waals surface area contributed by atoms with Gasteiger partial charge in [-0.15, -0.1) is 5.10 Å². The molecule has 50 valence electrons. The molecule has 7 nitrogen and oxygen atoms in total. The zero-order valence-corrected chi connectivity index (χ0v) is 4.72. The van der Waals surface area contributed by atoms with E-state index in [9.17, 15) is 4.79 Å². The van der Waals surface area contributed by atoms with Crippen LogP contribution in [-0.4, -0.2) is 15.2 Å². The summed E-state index contributed by atoms with van der Waals surface area (Å²) in [7, 11) is 0. The molecule has 0 aromatic carbocycles. The highest BCUT2D eigenvalue weighted by Gasteiger charge is 1.87. The summed E-state index contributed by atoms with van der Waals surface area (Å²) in [5.41, 5.74) is 7.43. The second kappa shape index (κ2) is 2.60. The maximum absolute atomic E-state index is 10.4. The highest BCUT2D eigenvalue weighted by atomic mass is 16.1. The van der Waals surface area contributed by atoms with Gasteiger partial charge in [0.15, 0.2) is 0 Å². The predicted octanol–water partition coefficient (Wildman–Crippen LogP) is 0.107. The third-order valence-electron chi connectivity index (χ3n) is 0.702. The molecule has 0 bridgehead atoms. The van der Waals surface area contributed by atoms with E-state index in [1.807, 2.05) is 0 Å². The minimum atomic E-state index is -0.447. The van der Waals surface area contributed by atoms with E-state index in [2.05, 4.69) is 25.2 Å². The number of azide groups is 1. The van der Waals surface area contributed by atoms with Crippen molar-refractivity contribution in [3.05, 3.63) is 27.0 Å². The lowest BCUT2D eigenvalue weighted by atomic mass is 10.8. The van der Waals surface area contributed by atoms with Gasteiger partial charge in [0.2, 0.25) is 5.95 Å². The number of nitrogens with one attached hydrogen (secondary N) is 1. The van der Waals surface area contributed by atoms with Gasteiger partial charge < -0.3 is 4.98 Å². The van der Waals surface area contributed by atoms with E-state index in [1.165, 1.54) is 0 Å². The summed E-state index contributed by atoms with van der Waals surface area (Å²) in [6.07, 6.45) is 0.983. The van der Waals surface area contributed by atoms with Gasteiger partial charge in [-0.3, -0.25) is 4.79 Å². The third-order valence-corrected chi connectivity index (χ3v) is 0.702. The number of hydrogen-bond donors (Lipinski definition) is 1. The van der Waals surface area contributed by atoms with Crippen LogP contribution in [0.1, 0.15) is 0 Å². The van der Waals surface area contributed by atoms with Crippen molar-refractivity contribution in [3.63, 3.8) is 0 Å². The predicted molar refractivity (Wildman–Crippen MR) is 31.5 cm³/mol. The van der Waals surface area contributed by atoms with Gasteiger partial charge in [0, 0.05) is 4.91 Å². The van der Waals surface area contributed by atoms with Gasteiger partial charge in [0.25, 0.3) is 5.56 Å². The monoisotopic (exact) mass is 138 g/mol. The highest BCUT2D eigenvalue weighted by molar-refractivity contribution is 5.07. The second-order valence-corrected chi connectivity index (χ2v) is 1.35. The summed E-state index contributed by atoms with van der Waals surface area (Å²) < 4.78 is 0. The van der Waals surface area contributed by atoms with Crippen LogP contribution in [0.5, 0.6) is 0 Å². The lowest BCUT2D eigenvalue weighted by Crippen LogP contribution is -2.05. The van der Waals surface area contributed by atoms with Crippen LogP contribution in [0.2, 0.25) is 0 Å². The first-order chi connectivity index (χ1) is 4.83. The van der Waals surface area contributed by atoms with E-state index in [4.69, 9.17) is 5.53 Å². The number of aromatic nitrogens is 3. The molecule has 1 aromatic heterocycles. The zero-order valence-electron chi connectivity index (χ0n) is 4.72. The fourth-order valence-corrected chi connectivity index (χ4v) is 0.391. The van der Waals surface area contributed by atoms with Crippen LogP contribution in [-0.2, 0) is 0 Å². The first-order valence-corrected chi connectivity index (χ1v) is 2.30. The Morgan fingerprint density at radius 2 is 2.60 bits per heavy atom. The number of rotatable bonds is 1. The van der Waals surface area contributed by atoms with E-state index < -0.39 is 5.56 Å². The van der Waals surface area contributed by atoms with Crippen molar-refractivity contribution in [3.8, 4) is 0 Å². The smallest absolute Gasteiger partial charge is 0.269 e. The van der Waals surface area contributed by atoms with E-state index in [0.29, 0.717) is 0 Å². The maximum Gasteiger partial charge on any atom is 0.269 e. The Hall–Kier alpha value is -1.88. The molecule has 0 aliphatic carbocycles. The van der Waals surface area contributed by atoms with Crippen LogP contribution in [0.15, 0.2) is 16.1 Å². The van der Waals surface area contributed by atoms with Crippen molar-refractivity contribution in [1.29, 1.82) is 0 Å². The Bertz CT molecular complexity index is 322. The number of hydrogen-bond acceptors (Lipinski definition) is 4. The average Bonchev–Trinajstić information content (AvgIpc) is 1.88. The van der Waals surface area contributed by atoms with E-state index in [-0.39, 0.29) is 5.95 Å². The summed E-state index contributed by atoms with van der Waals surface area (Å²) >= 11 is 0. The number of H-pyrrole nitrogens is 1. The normalized spacial score (nSPS) is 8.40. The van der Waals surface area contributed by atoms with Gasteiger partial charge in [-0.2, -0.15) is 5.10 Å². The van der Waals surface area contributed by atoms with Gasteiger partial charge in [-0.1, -0.05) is 0 Å². The Kier molecular flexibility index (Phi) is 1.63. The molecule has 1 aromatic rings. The molecule has 0 fully saturated rings. The molecule has 1 rings (SSSR count). The van der Waals surface area contributed by atoms with E-state index >= 15 is 0 Å². The van der Waals surface area contributed by atoms with Crippen LogP contribution in [0.4, 0.5) is 5.95 Å². The molecule has 0 aliphatic heterocycles. The fourth-order valence-electron chi connectivity index (χ4n) is 0.391. The summed E-state index contributed by atoms with van der Waals surface area (Å²) in [6, 6.07) is 0. The van der Waals surface area contributed by atoms with Crippen LogP contribution >= 0.6 is 0 Å². The van der Waals surface area contributed by atoms with Gasteiger partial charge in [-0.05, 0) is 10.6 Å². The first kappa shape index (κ1) is 6.24. The van der Waals surface area contributed by atoms with Crippen LogP contribution in [0, 0.1) is 0 Å². The van der Waals surface area contributed by atoms with Crippen molar-refractivity contribution in [1.82, 2.24) is 15.2 Å². The molecule has 1 heterocycles. The molecule has 10 heavy (non-hydrogen) atoms. The fraction of sp³-hybridized carbons (Fsp3) is 0. The lowest BCUT2D eigenvalue weighted by Gasteiger charge is -1.83. The summed E-state index contributed by atoms with van der Waals surface area (Å²) in [6.45, 7) is 0. The molecule has 0 amide bonds. The number of aromatic amines is 1. The highest BCUT2D eigenvalue weighted by Crippen LogP contribution is 1.93. The van der Waals surface area contributed by atoms with Gasteiger partial charge >= 0.3 is 0 Å². The number of nitrogens with zero attached hydrogens (tertiary/aromatic N) is 5. The topological polar surface area (TPSA) is 107 Å². The first-order valence-electron chi connectivity index (χ1n) is 2.30. The molecule has 7 heteroatoms. The lowest BCUT2D eigenvalue weighted by molar-refractivity contribution is 0.936. The molecular formula is C3H2N6O. The van der Waals surface area contributed by atoms with Gasteiger partial charge in [0.05, 0.1) is 0 Å². The maximum atomic E-state index is 10.4. The summed E-state index contributed by atoms with van der Waals surface area (Å²) in [5.74, 6) is -0.130. The van der Waals surface area contributed by atoms with Crippen molar-refractivity contribution in [2.45, 2.75) is 0 Å². The zero-order chi connectivity index (χ0) is 7.40. The molecule has 0 atom stereocenters. The SMILES string of the molecule is [N-]=[N+]=Nc1nncc(=O)[nH]1. The standard InChI is InChI=1S/C3H2N6O/c4-9-8-3-6-2(10)1-5-7-3/h1H,(H,6,7,10). The quantitative estimate of drug-likeness (QED) is 0.338. The second-order valence-electron chi connectivity index (χ2n) is 1.35. The average molecular weight is 138 g/mol. The summed E-state index contributed by atoms with van der Waals surface area (Å²) in [5, 5.41) is 9.57. The van der Waals surface area contributed by atoms with E-state index in [0.717, 1.165) is 6.20 Å². The molecule has 0 aliphatic rings. The molecular weight excluding hydrogens is 136 g/mol.